The first-order chi connectivity index (χ1) is 15.4. The third-order valence-electron chi connectivity index (χ3n) is 5.17. The number of ether oxygens (including phenoxy) is 1. The van der Waals surface area contributed by atoms with E-state index < -0.39 is 5.92 Å². The Hall–Kier alpha value is -3.39. The second-order valence-corrected chi connectivity index (χ2v) is 8.69. The van der Waals surface area contributed by atoms with Crippen molar-refractivity contribution in [2.75, 3.05) is 23.9 Å². The number of rotatable bonds is 6. The van der Waals surface area contributed by atoms with Crippen LogP contribution in [0.4, 0.5) is 11.4 Å². The Kier molecular flexibility index (Phi) is 6.41. The van der Waals surface area contributed by atoms with Gasteiger partial charge in [-0.2, -0.15) is 0 Å². The molecule has 1 aliphatic heterocycles. The van der Waals surface area contributed by atoms with Crippen molar-refractivity contribution in [2.45, 2.75) is 30.3 Å². The number of hydrogen-bond acceptors (Lipinski definition) is 6. The smallest absolute Gasteiger partial charge is 0.229 e. The first-order valence-corrected chi connectivity index (χ1v) is 11.1. The third kappa shape index (κ3) is 5.08. The second kappa shape index (κ2) is 9.40. The van der Waals surface area contributed by atoms with Gasteiger partial charge in [0, 0.05) is 40.6 Å². The van der Waals surface area contributed by atoms with Crippen LogP contribution in [0.1, 0.15) is 17.8 Å². The molecule has 0 aliphatic carbocycles. The first kappa shape index (κ1) is 21.8. The highest BCUT2D eigenvalue weighted by molar-refractivity contribution is 7.99. The molecule has 0 spiro atoms. The van der Waals surface area contributed by atoms with Gasteiger partial charge < -0.3 is 15.0 Å². The van der Waals surface area contributed by atoms with Gasteiger partial charge in [-0.25, -0.2) is 9.97 Å². The van der Waals surface area contributed by atoms with E-state index in [1.54, 1.807) is 24.1 Å². The molecule has 1 saturated heterocycles. The van der Waals surface area contributed by atoms with E-state index in [0.29, 0.717) is 17.4 Å². The quantitative estimate of drug-likeness (QED) is 0.568. The highest BCUT2D eigenvalue weighted by Crippen LogP contribution is 2.29. The van der Waals surface area contributed by atoms with Gasteiger partial charge in [-0.3, -0.25) is 9.59 Å². The van der Waals surface area contributed by atoms with Crippen LogP contribution in [0.3, 0.4) is 0 Å². The summed E-state index contributed by atoms with van der Waals surface area (Å²) in [5, 5.41) is 3.62. The Morgan fingerprint density at radius 1 is 1.06 bits per heavy atom. The van der Waals surface area contributed by atoms with Crippen molar-refractivity contribution in [3.63, 3.8) is 0 Å². The summed E-state index contributed by atoms with van der Waals surface area (Å²) in [5.74, 6) is 0.102. The van der Waals surface area contributed by atoms with Gasteiger partial charge in [-0.05, 0) is 80.2 Å². The summed E-state index contributed by atoms with van der Waals surface area (Å²) in [4.78, 5) is 36.7. The largest absolute Gasteiger partial charge is 0.497 e. The number of benzene rings is 2. The molecule has 3 aromatic rings. The molecule has 1 aromatic heterocycles. The van der Waals surface area contributed by atoms with E-state index in [-0.39, 0.29) is 18.2 Å². The molecule has 1 aliphatic rings. The molecule has 0 bridgehead atoms. The van der Waals surface area contributed by atoms with Gasteiger partial charge in [0.15, 0.2) is 5.16 Å². The highest BCUT2D eigenvalue weighted by atomic mass is 32.2. The van der Waals surface area contributed by atoms with Gasteiger partial charge >= 0.3 is 0 Å². The minimum absolute atomic E-state index is 0.0597. The average molecular weight is 449 g/mol. The van der Waals surface area contributed by atoms with Crippen molar-refractivity contribution < 1.29 is 14.3 Å². The maximum Gasteiger partial charge on any atom is 0.229 e. The van der Waals surface area contributed by atoms with Crippen molar-refractivity contribution in [3.05, 3.63) is 66.0 Å². The lowest BCUT2D eigenvalue weighted by molar-refractivity contribution is -0.122. The summed E-state index contributed by atoms with van der Waals surface area (Å²) >= 11 is 1.47. The number of aryl methyl sites for hydroxylation is 2. The van der Waals surface area contributed by atoms with Gasteiger partial charge in [0.1, 0.15) is 5.75 Å². The molecule has 164 valence electrons. The monoisotopic (exact) mass is 448 g/mol. The number of methoxy groups -OCH3 is 1. The summed E-state index contributed by atoms with van der Waals surface area (Å²) in [6.07, 6.45) is 0.190. The summed E-state index contributed by atoms with van der Waals surface area (Å²) < 4.78 is 5.16. The van der Waals surface area contributed by atoms with Crippen molar-refractivity contribution >= 4 is 35.0 Å². The summed E-state index contributed by atoms with van der Waals surface area (Å²) in [7, 11) is 1.60. The number of carbonyl (C=O) groups excluding carboxylic acids is 2. The molecule has 7 nitrogen and oxygen atoms in total. The predicted molar refractivity (Wildman–Crippen MR) is 124 cm³/mol. The zero-order valence-corrected chi connectivity index (χ0v) is 19.0. The van der Waals surface area contributed by atoms with E-state index in [1.165, 1.54) is 11.8 Å². The molecule has 0 radical (unpaired) electrons. The molecule has 4 rings (SSSR count). The van der Waals surface area contributed by atoms with E-state index in [4.69, 9.17) is 4.74 Å². The van der Waals surface area contributed by atoms with Crippen LogP contribution in [0.15, 0.2) is 64.6 Å². The normalized spacial score (nSPS) is 15.7. The lowest BCUT2D eigenvalue weighted by atomic mass is 10.1. The van der Waals surface area contributed by atoms with Crippen LogP contribution in [-0.4, -0.2) is 35.4 Å². The molecule has 1 atom stereocenters. The number of hydrogen-bond donors (Lipinski definition) is 1. The molecule has 0 saturated carbocycles. The summed E-state index contributed by atoms with van der Waals surface area (Å²) in [5.41, 5.74) is 3.31. The minimum Gasteiger partial charge on any atom is -0.497 e. The third-order valence-corrected chi connectivity index (χ3v) is 6.05. The maximum absolute atomic E-state index is 12.8. The van der Waals surface area contributed by atoms with Crippen LogP contribution in [-0.2, 0) is 9.59 Å². The van der Waals surface area contributed by atoms with Crippen molar-refractivity contribution in [1.29, 1.82) is 0 Å². The van der Waals surface area contributed by atoms with E-state index in [9.17, 15) is 9.59 Å². The van der Waals surface area contributed by atoms with Gasteiger partial charge in [0.25, 0.3) is 0 Å². The van der Waals surface area contributed by atoms with Gasteiger partial charge in [0.05, 0.1) is 13.0 Å². The molecular weight excluding hydrogens is 424 g/mol. The number of carbonyl (C=O) groups is 2. The fourth-order valence-electron chi connectivity index (χ4n) is 3.59. The van der Waals surface area contributed by atoms with E-state index in [1.807, 2.05) is 56.3 Å². The minimum atomic E-state index is -0.401. The highest BCUT2D eigenvalue weighted by Gasteiger charge is 2.35. The average Bonchev–Trinajstić information content (AvgIpc) is 3.16. The van der Waals surface area contributed by atoms with Crippen molar-refractivity contribution in [3.8, 4) is 5.75 Å². The van der Waals surface area contributed by atoms with Crippen molar-refractivity contribution in [1.82, 2.24) is 9.97 Å². The number of amides is 2. The zero-order valence-electron chi connectivity index (χ0n) is 18.2. The number of nitrogens with one attached hydrogen (secondary N) is 1. The SMILES string of the molecule is COc1ccc(N2CC(C(=O)Nc3ccc(Sc4nc(C)cc(C)n4)cc3)CC2=O)cc1. The van der Waals surface area contributed by atoms with Crippen LogP contribution in [0, 0.1) is 19.8 Å². The molecule has 8 heteroatoms. The lowest BCUT2D eigenvalue weighted by Gasteiger charge is -2.17. The number of aromatic nitrogens is 2. The van der Waals surface area contributed by atoms with Gasteiger partial charge in [-0.1, -0.05) is 0 Å². The Labute approximate surface area is 191 Å². The predicted octanol–water partition coefficient (Wildman–Crippen LogP) is 4.24. The van der Waals surface area contributed by atoms with Crippen LogP contribution in [0.5, 0.6) is 5.75 Å². The molecule has 1 fully saturated rings. The van der Waals surface area contributed by atoms with E-state index in [0.717, 1.165) is 27.7 Å². The summed E-state index contributed by atoms with van der Waals surface area (Å²) in [6, 6.07) is 16.7. The molecule has 32 heavy (non-hydrogen) atoms. The number of nitrogens with zero attached hydrogens (tertiary/aromatic N) is 3. The Balaban J connectivity index is 1.36. The molecule has 1 unspecified atom stereocenters. The molecule has 2 heterocycles. The van der Waals surface area contributed by atoms with Gasteiger partial charge in [-0.15, -0.1) is 0 Å². The Bertz CT molecular complexity index is 1110. The summed E-state index contributed by atoms with van der Waals surface area (Å²) in [6.45, 7) is 4.25. The molecule has 1 N–H and O–H groups in total. The Morgan fingerprint density at radius 2 is 1.72 bits per heavy atom. The molecular formula is C24H24N4O3S. The maximum atomic E-state index is 12.8. The lowest BCUT2D eigenvalue weighted by Crippen LogP contribution is -2.28. The van der Waals surface area contributed by atoms with Crippen LogP contribution in [0.25, 0.3) is 0 Å². The second-order valence-electron chi connectivity index (χ2n) is 7.65. The van der Waals surface area contributed by atoms with Crippen LogP contribution in [0.2, 0.25) is 0 Å². The molecule has 2 amide bonds. The van der Waals surface area contributed by atoms with Gasteiger partial charge in [0.2, 0.25) is 11.8 Å². The zero-order chi connectivity index (χ0) is 22.7. The fourth-order valence-corrected chi connectivity index (χ4v) is 4.45. The van der Waals surface area contributed by atoms with Crippen LogP contribution >= 0.6 is 11.8 Å². The van der Waals surface area contributed by atoms with E-state index in [2.05, 4.69) is 15.3 Å². The van der Waals surface area contributed by atoms with Crippen LogP contribution < -0.4 is 15.0 Å². The van der Waals surface area contributed by atoms with Crippen molar-refractivity contribution in [2.24, 2.45) is 5.92 Å². The topological polar surface area (TPSA) is 84.4 Å². The standard InChI is InChI=1S/C24H24N4O3S/c1-15-12-16(2)26-24(25-15)32-21-10-4-18(5-11-21)27-23(30)17-13-22(29)28(14-17)19-6-8-20(31-3)9-7-19/h4-12,17H,13-14H2,1-3H3,(H,27,30). The molecule has 2 aromatic carbocycles. The van der Waals surface area contributed by atoms with E-state index >= 15 is 0 Å². The number of anilines is 2. The Morgan fingerprint density at radius 3 is 2.34 bits per heavy atom. The fraction of sp³-hybridized carbons (Fsp3) is 0.250. The first-order valence-electron chi connectivity index (χ1n) is 10.3.